The quantitative estimate of drug-likeness (QED) is 0.221. The smallest absolute Gasteiger partial charge is 0.382 e. The molecule has 2 aromatic carbocycles. The summed E-state index contributed by atoms with van der Waals surface area (Å²) in [7, 11) is 0. The van der Waals surface area contributed by atoms with Crippen LogP contribution < -0.4 is 21.6 Å². The number of nitrogens with zero attached hydrogens (tertiary/aromatic N) is 4. The molecule has 0 amide bonds. The first kappa shape index (κ1) is 28.9. The Bertz CT molecular complexity index is 1720. The standard InChI is InChI=1S/C31H30ClF3N8/c1-17-19(12-36)5-4-6-22(17)28(25-15-43(42-41-25)30-9-18(10-30)11-30)40-21-7-23-26(39-16-29(2,3)31(33,34)35)20(13-37)14-38-27(23)24(32)8-21/h4-8,14-15,18,28,40-42H,9-11,16H2,1-3H3,(H,38,39)/t18?,28-,30?/m0/s1. The van der Waals surface area contributed by atoms with Crippen LogP contribution in [0, 0.1) is 40.9 Å². The molecule has 3 aliphatic carbocycles. The number of alkyl halides is 3. The summed E-state index contributed by atoms with van der Waals surface area (Å²) < 4.78 is 40.9. The topological polar surface area (TPSA) is 112 Å². The van der Waals surface area contributed by atoms with Crippen LogP contribution in [0.3, 0.4) is 0 Å². The summed E-state index contributed by atoms with van der Waals surface area (Å²) >= 11 is 6.69. The summed E-state index contributed by atoms with van der Waals surface area (Å²) in [6, 6.07) is 12.8. The van der Waals surface area contributed by atoms with Crippen molar-refractivity contribution in [2.24, 2.45) is 11.3 Å². The number of hydrogen-bond donors (Lipinski definition) is 4. The number of benzene rings is 2. The van der Waals surface area contributed by atoms with Crippen LogP contribution in [-0.4, -0.2) is 28.3 Å². The molecule has 0 saturated heterocycles. The van der Waals surface area contributed by atoms with Gasteiger partial charge in [0.05, 0.1) is 56.1 Å². The van der Waals surface area contributed by atoms with Crippen LogP contribution in [0.4, 0.5) is 24.5 Å². The lowest BCUT2D eigenvalue weighted by Crippen LogP contribution is -2.69. The number of nitriles is 2. The average molecular weight is 607 g/mol. The number of anilines is 2. The van der Waals surface area contributed by atoms with Crippen molar-refractivity contribution in [1.29, 1.82) is 10.5 Å². The van der Waals surface area contributed by atoms with Crippen LogP contribution in [0.25, 0.3) is 10.9 Å². The molecule has 222 valence electrons. The zero-order valence-electron chi connectivity index (χ0n) is 23.8. The first-order valence-electron chi connectivity index (χ1n) is 14.0. The number of nitrogens with one attached hydrogen (secondary N) is 4. The molecule has 0 radical (unpaired) electrons. The Hall–Kier alpha value is -4.19. The van der Waals surface area contributed by atoms with E-state index in [9.17, 15) is 23.7 Å². The van der Waals surface area contributed by atoms with Gasteiger partial charge in [0.1, 0.15) is 6.07 Å². The van der Waals surface area contributed by atoms with E-state index in [0.717, 1.165) is 55.9 Å². The zero-order chi connectivity index (χ0) is 30.7. The van der Waals surface area contributed by atoms with Gasteiger partial charge < -0.3 is 16.1 Å². The summed E-state index contributed by atoms with van der Waals surface area (Å²) in [5, 5.41) is 28.7. The summed E-state index contributed by atoms with van der Waals surface area (Å²) in [5.74, 6) is 0.791. The van der Waals surface area contributed by atoms with Crippen molar-refractivity contribution in [3.8, 4) is 12.1 Å². The van der Waals surface area contributed by atoms with Crippen molar-refractivity contribution in [2.45, 2.75) is 57.8 Å². The molecule has 1 aromatic heterocycles. The van der Waals surface area contributed by atoms with Crippen molar-refractivity contribution in [1.82, 2.24) is 21.0 Å². The second-order valence-corrected chi connectivity index (χ2v) is 12.8. The Morgan fingerprint density at radius 3 is 2.51 bits per heavy atom. The third-order valence-electron chi connectivity index (χ3n) is 9.05. The summed E-state index contributed by atoms with van der Waals surface area (Å²) in [4.78, 5) is 4.33. The monoisotopic (exact) mass is 606 g/mol. The van der Waals surface area contributed by atoms with Crippen LogP contribution in [-0.2, 0) is 0 Å². The van der Waals surface area contributed by atoms with E-state index in [0.29, 0.717) is 22.2 Å². The van der Waals surface area contributed by atoms with Crippen LogP contribution >= 0.6 is 11.6 Å². The first-order valence-corrected chi connectivity index (χ1v) is 14.4. The molecule has 4 aliphatic rings. The maximum Gasteiger partial charge on any atom is 0.395 e. The maximum atomic E-state index is 13.6. The molecule has 3 fully saturated rings. The molecule has 0 spiro atoms. The van der Waals surface area contributed by atoms with Gasteiger partial charge in [-0.2, -0.15) is 23.7 Å². The third kappa shape index (κ3) is 4.87. The van der Waals surface area contributed by atoms with E-state index in [2.05, 4.69) is 43.9 Å². The molecule has 3 saturated carbocycles. The second kappa shape index (κ2) is 10.2. The molecular weight excluding hydrogens is 577 g/mol. The molecule has 2 bridgehead atoms. The van der Waals surface area contributed by atoms with Gasteiger partial charge in [-0.3, -0.25) is 9.99 Å². The molecule has 12 heteroatoms. The Balaban J connectivity index is 1.41. The highest BCUT2D eigenvalue weighted by atomic mass is 35.5. The Labute approximate surface area is 252 Å². The van der Waals surface area contributed by atoms with Gasteiger partial charge in [0.25, 0.3) is 0 Å². The zero-order valence-corrected chi connectivity index (χ0v) is 24.6. The van der Waals surface area contributed by atoms with Crippen molar-refractivity contribution >= 4 is 33.9 Å². The number of pyridine rings is 1. The minimum absolute atomic E-state index is 0.103. The van der Waals surface area contributed by atoms with Crippen LogP contribution in [0.2, 0.25) is 5.02 Å². The van der Waals surface area contributed by atoms with Gasteiger partial charge in [0.2, 0.25) is 0 Å². The van der Waals surface area contributed by atoms with Crippen molar-refractivity contribution in [3.63, 3.8) is 0 Å². The predicted molar refractivity (Wildman–Crippen MR) is 158 cm³/mol. The van der Waals surface area contributed by atoms with E-state index in [-0.39, 0.29) is 21.8 Å². The summed E-state index contributed by atoms with van der Waals surface area (Å²) in [6.07, 6.45) is 2.33. The summed E-state index contributed by atoms with van der Waals surface area (Å²) in [6.45, 7) is 3.64. The van der Waals surface area contributed by atoms with Crippen LogP contribution in [0.1, 0.15) is 61.4 Å². The SMILES string of the molecule is Cc1c(C#N)cccc1[C@H](Nc1cc(Cl)c2ncc(C#N)c(NCC(C)(C)C(F)(F)F)c2c1)C1=CN(C23CC(C2)C3)NN1. The van der Waals surface area contributed by atoms with E-state index in [1.165, 1.54) is 6.20 Å². The van der Waals surface area contributed by atoms with E-state index < -0.39 is 24.2 Å². The lowest BCUT2D eigenvalue weighted by Gasteiger charge is -2.64. The number of halogens is 4. The Kier molecular flexibility index (Phi) is 6.87. The molecule has 43 heavy (non-hydrogen) atoms. The Morgan fingerprint density at radius 2 is 1.88 bits per heavy atom. The highest BCUT2D eigenvalue weighted by Crippen LogP contribution is 2.60. The van der Waals surface area contributed by atoms with Gasteiger partial charge in [0.15, 0.2) is 0 Å². The third-order valence-corrected chi connectivity index (χ3v) is 9.34. The molecule has 0 unspecified atom stereocenters. The number of aromatic nitrogens is 1. The van der Waals surface area contributed by atoms with Crippen LogP contribution in [0.5, 0.6) is 0 Å². The molecule has 1 atom stereocenters. The molecule has 1 aliphatic heterocycles. The number of rotatable bonds is 8. The average Bonchev–Trinajstić information content (AvgIpc) is 3.37. The normalized spacial score (nSPS) is 21.6. The van der Waals surface area contributed by atoms with Gasteiger partial charge >= 0.3 is 6.18 Å². The Morgan fingerprint density at radius 1 is 1.16 bits per heavy atom. The van der Waals surface area contributed by atoms with Gasteiger partial charge in [-0.05, 0) is 75.3 Å². The first-order chi connectivity index (χ1) is 20.4. The van der Waals surface area contributed by atoms with Crippen molar-refractivity contribution in [2.75, 3.05) is 17.2 Å². The van der Waals surface area contributed by atoms with E-state index in [4.69, 9.17) is 11.6 Å². The fourth-order valence-corrected chi connectivity index (χ4v) is 6.33. The van der Waals surface area contributed by atoms with E-state index in [1.54, 1.807) is 18.2 Å². The molecule has 7 rings (SSSR count). The lowest BCUT2D eigenvalue weighted by molar-refractivity contribution is -0.206. The van der Waals surface area contributed by atoms with Crippen molar-refractivity contribution in [3.05, 3.63) is 75.7 Å². The number of fused-ring (bicyclic) bond motifs is 1. The molecule has 3 aromatic rings. The number of hydrogen-bond acceptors (Lipinski definition) is 8. The molecule has 8 nitrogen and oxygen atoms in total. The lowest BCUT2D eigenvalue weighted by atomic mass is 9.49. The predicted octanol–water partition coefficient (Wildman–Crippen LogP) is 6.81. The fraction of sp³-hybridized carbons (Fsp3) is 0.387. The van der Waals surface area contributed by atoms with Gasteiger partial charge in [0, 0.05) is 30.0 Å². The largest absolute Gasteiger partial charge is 0.395 e. The molecular formula is C31H30ClF3N8. The highest BCUT2D eigenvalue weighted by Gasteiger charge is 2.60. The van der Waals surface area contributed by atoms with Gasteiger partial charge in [-0.25, -0.2) is 0 Å². The maximum absolute atomic E-state index is 13.6. The molecule has 4 N–H and O–H groups in total. The minimum Gasteiger partial charge on any atom is -0.382 e. The summed E-state index contributed by atoms with van der Waals surface area (Å²) in [5.41, 5.74) is 8.95. The van der Waals surface area contributed by atoms with Crippen LogP contribution in [0.15, 0.2) is 48.4 Å². The fourth-order valence-electron chi connectivity index (χ4n) is 6.06. The van der Waals surface area contributed by atoms with Gasteiger partial charge in [-0.1, -0.05) is 23.7 Å². The van der Waals surface area contributed by atoms with E-state index in [1.807, 2.05) is 25.1 Å². The number of hydrazine groups is 2. The van der Waals surface area contributed by atoms with E-state index >= 15 is 0 Å². The molecule has 2 heterocycles. The minimum atomic E-state index is -4.45. The highest BCUT2D eigenvalue weighted by molar-refractivity contribution is 6.35. The second-order valence-electron chi connectivity index (χ2n) is 12.4. The van der Waals surface area contributed by atoms with Gasteiger partial charge in [-0.15, -0.1) is 5.53 Å². The van der Waals surface area contributed by atoms with Crippen molar-refractivity contribution < 1.29 is 13.2 Å².